The van der Waals surface area contributed by atoms with Crippen molar-refractivity contribution >= 4 is 77.5 Å². The van der Waals surface area contributed by atoms with Crippen LogP contribution in [0.25, 0.3) is 5.03 Å². The minimum Gasteiger partial charge on any atom is -0.462 e. The number of ether oxygens (including phenoxy) is 20. The van der Waals surface area contributed by atoms with Crippen LogP contribution in [0.15, 0.2) is 121 Å². The number of halogens is 3. The number of carbonyl (C=O) groups is 2. The van der Waals surface area contributed by atoms with Gasteiger partial charge in [-0.25, -0.2) is 27.1 Å². The molecule has 2 aliphatic carbocycles. The van der Waals surface area contributed by atoms with E-state index in [2.05, 4.69) is 81.4 Å². The van der Waals surface area contributed by atoms with Crippen LogP contribution >= 0.6 is 34.8 Å². The fraction of sp³-hybridized carbons (Fsp3) is 0.748. The van der Waals surface area contributed by atoms with Gasteiger partial charge in [0.25, 0.3) is 0 Å². The minimum atomic E-state index is -4.32. The van der Waals surface area contributed by atoms with Gasteiger partial charge in [0.2, 0.25) is 20.0 Å². The van der Waals surface area contributed by atoms with Crippen molar-refractivity contribution in [1.29, 1.82) is 0 Å². The Labute approximate surface area is 856 Å². The molecule has 40 heteroatoms. The first-order valence-electron chi connectivity index (χ1n) is 50.4. The van der Waals surface area contributed by atoms with Crippen molar-refractivity contribution in [2.75, 3.05) is 47.4 Å². The zero-order valence-corrected chi connectivity index (χ0v) is 89.6. The SMILES string of the molecule is CCC(C)[C@H]1O[C@]2(CC[C@@H]1C)CC1C[C@@H](C/C=C(\C)[C@@H](O[C@H]3C[C@H](OC)[C@@H](OC4C[C@H](OC)[C@@H](O)[C@H](C)O4)[C@H](C)O3)[C@@H](C)/C=C/C=C3\CO[C@@H]4[C@H](O)C(C)=C[C@@H](C(=O)O1)[C@]34O)O2.CO[C@H]1CC(O[C@H]2[C@H](C)O[C@@H](O[C@@H]3/C(C)=C/C[C@@H]4CC(C[C@]5(CC[C@H](C)[C@@H](C(C)C)O5)O4)OC(=O)[C@@H]4C=C(C)[C@@H](O)[C@H]5OC/C(=C\C=C\[C@@H]3C)[C@]54O)C[C@@H]2OC)O[C@@H](C)[C@@H]1O.Nc1cc(C(Cl)=C(Cl)Cl)c(S(N)(=O)=O)cc1S(N)(=O)=O. The third kappa shape index (κ3) is 26.0. The zero-order valence-electron chi connectivity index (χ0n) is 85.7. The number of fused-ring (bicyclic) bond motifs is 4. The molecule has 12 aliphatic heterocycles. The van der Waals surface area contributed by atoms with Gasteiger partial charge in [0.05, 0.1) is 114 Å². The van der Waals surface area contributed by atoms with Crippen molar-refractivity contribution in [3.63, 3.8) is 0 Å². The van der Waals surface area contributed by atoms with Gasteiger partial charge in [-0.15, -0.1) is 0 Å². The molecule has 15 rings (SSSR count). The van der Waals surface area contributed by atoms with Crippen molar-refractivity contribution in [2.45, 2.75) is 411 Å². The molecule has 1 aromatic carbocycles. The number of primary sulfonamides is 2. The number of hydrogen-bond acceptors (Lipinski definition) is 33. The number of rotatable bonds is 18. The lowest BCUT2D eigenvalue weighted by atomic mass is 9.71. The number of aliphatic hydroxyl groups is 6. The molecule has 2 spiro atoms. The number of anilines is 1. The molecule has 12 heterocycles. The van der Waals surface area contributed by atoms with Crippen LogP contribution < -0.4 is 16.0 Å². The second-order valence-electron chi connectivity index (χ2n) is 42.1. The molecule has 10 saturated heterocycles. The maximum Gasteiger partial charge on any atom is 0.316 e. The Balaban J connectivity index is 0.000000201. The van der Waals surface area contributed by atoms with Crippen LogP contribution in [0.4, 0.5) is 5.69 Å². The maximum atomic E-state index is 14.4. The molecule has 39 atom stereocenters. The Morgan fingerprint density at radius 2 is 0.895 bits per heavy atom. The van der Waals surface area contributed by atoms with E-state index in [0.717, 1.165) is 36.5 Å². The summed E-state index contributed by atoms with van der Waals surface area (Å²) in [5.41, 5.74) is 5.30. The standard InChI is InChI=1S/C48H74O14.C47H72O14.C8H8Cl3N3O4S2/c1-11-25(2)43-28(5)17-18-47(62-43)23-34-20-33(61-47)16-15-27(4)42(26(3)13-12-14-32-24-55-45-40(49)29(6)19-35(46(51)58-34)48(32,45)52)59-39-22-37(54-10)44(31(8)57-39)60-38-21-36(53-9)41(50)30(7)56-38;1-24(2)41-27(5)16-17-46(61-41)22-33-19-32(60-46)15-14-26(4)42(25(3)12-11-13-31-23-54-44-39(48)28(6)18-34(45(50)57-33)47(31,44)51)58-38-21-36(53-10)43(30(8)56-38)59-37-20-35(52-9)40(49)29(7)55-37;9-7(8(10)11)3-1-4(12)6(20(14,17)18)2-5(3)19(13,15)16/h12-15,19,25-26,28,30-31,33-45,49-50,52H,11,16-18,20-24H2,1-10H3;11-14,18,24-25,27,29-30,32-44,48-49,51H,15-17,19-23H2,1-10H3;1-2H,12H2,(H2,13,15,16)(H2,14,17,18)/b13-12+,27-15+,32-14+;12-11+,26-14+,31-13+;/t25?,26-,28-,30-,31-,33+,34?,35-,36-,37-,38?,39-,40+,41-,42-,43+,44-,45+,47+,48+;25-,27-,29-,30-,32+,33?,34-,35-,36-,37?,38-,39+,40-,41+,42-,43-,44+,46+,47+;/m00./s1. The lowest BCUT2D eigenvalue weighted by Crippen LogP contribution is -2.58. The van der Waals surface area contributed by atoms with Crippen LogP contribution in [0.2, 0.25) is 0 Å². The fourth-order valence-electron chi connectivity index (χ4n) is 23.1. The molecule has 0 aromatic heterocycles. The van der Waals surface area contributed by atoms with Crippen molar-refractivity contribution in [3.8, 4) is 0 Å². The molecular weight excluding hydrogens is 1960 g/mol. The molecule has 1 aromatic rings. The summed E-state index contributed by atoms with van der Waals surface area (Å²) < 4.78 is 173. The highest BCUT2D eigenvalue weighted by Gasteiger charge is 2.63. The zero-order chi connectivity index (χ0) is 105. The maximum absolute atomic E-state index is 14.4. The number of nitrogen functional groups attached to an aromatic ring is 1. The van der Waals surface area contributed by atoms with E-state index < -0.39 is 216 Å². The summed E-state index contributed by atoms with van der Waals surface area (Å²) in [5.74, 6) is -4.25. The predicted octanol–water partition coefficient (Wildman–Crippen LogP) is 11.7. The van der Waals surface area contributed by atoms with Gasteiger partial charge in [0, 0.05) is 110 Å². The lowest BCUT2D eigenvalue weighted by molar-refractivity contribution is -0.341. The Morgan fingerprint density at radius 3 is 1.28 bits per heavy atom. The van der Waals surface area contributed by atoms with E-state index in [0.29, 0.717) is 123 Å². The summed E-state index contributed by atoms with van der Waals surface area (Å²) >= 11 is 16.7. The van der Waals surface area contributed by atoms with Gasteiger partial charge in [-0.05, 0) is 150 Å². The van der Waals surface area contributed by atoms with E-state index in [1.807, 2.05) is 38.2 Å². The van der Waals surface area contributed by atoms with E-state index >= 15 is 0 Å². The fourth-order valence-corrected chi connectivity index (χ4v) is 25.0. The largest absolute Gasteiger partial charge is 0.462 e. The summed E-state index contributed by atoms with van der Waals surface area (Å²) in [6.45, 7) is 32.5. The average molecular weight is 2120 g/mol. The molecule has 0 amide bonds. The van der Waals surface area contributed by atoms with Crippen molar-refractivity contribution in [3.05, 3.63) is 116 Å². The average Bonchev–Trinajstić information content (AvgIpc) is 1.61. The van der Waals surface area contributed by atoms with Gasteiger partial charge in [-0.2, -0.15) is 0 Å². The molecule has 35 nitrogen and oxygen atoms in total. The van der Waals surface area contributed by atoms with E-state index in [-0.39, 0.29) is 83.9 Å². The van der Waals surface area contributed by atoms with E-state index in [1.54, 1.807) is 80.4 Å². The molecule has 0 radical (unpaired) electrons. The van der Waals surface area contributed by atoms with Crippen LogP contribution in [0.3, 0.4) is 0 Å². The highest BCUT2D eigenvalue weighted by Crippen LogP contribution is 2.53. The predicted molar refractivity (Wildman–Crippen MR) is 528 cm³/mol. The number of carbonyl (C=O) groups excluding carboxylic acids is 2. The summed E-state index contributed by atoms with van der Waals surface area (Å²) in [6.07, 6.45) is 12.1. The number of allylic oxidation sites excluding steroid dienone is 4. The Morgan fingerprint density at radius 1 is 0.510 bits per heavy atom. The number of aliphatic hydroxyl groups excluding tert-OH is 4. The molecule has 143 heavy (non-hydrogen) atoms. The molecule has 5 unspecified atom stereocenters. The van der Waals surface area contributed by atoms with Gasteiger partial charge in [-0.3, -0.25) is 9.59 Å². The monoisotopic (exact) mass is 2110 g/mol. The molecule has 12 N–H and O–H groups in total. The molecular formula is C103H154Cl3N3O32S2. The van der Waals surface area contributed by atoms with Gasteiger partial charge in [0.1, 0.15) is 93.5 Å². The second kappa shape index (κ2) is 48.1. The summed E-state index contributed by atoms with van der Waals surface area (Å²) in [6, 6.07) is 1.64. The normalized spacial score (nSPS) is 44.3. The molecule has 10 fully saturated rings. The molecule has 14 aliphatic rings. The molecule has 4 bridgehead atoms. The second-order valence-corrected chi connectivity index (χ2v) is 46.5. The topological polar surface area (TPSA) is 486 Å². The first kappa shape index (κ1) is 115. The number of nitrogens with two attached hydrogens (primary N) is 3. The first-order chi connectivity index (χ1) is 67.3. The summed E-state index contributed by atoms with van der Waals surface area (Å²) in [7, 11) is -2.12. The van der Waals surface area contributed by atoms with Gasteiger partial charge < -0.3 is 131 Å². The summed E-state index contributed by atoms with van der Waals surface area (Å²) in [4.78, 5) is 27.4. The number of esters is 2. The molecule has 0 saturated carbocycles. The number of benzene rings is 1. The number of methoxy groups -OCH3 is 4. The minimum absolute atomic E-state index is 0.00708. The summed E-state index contributed by atoms with van der Waals surface area (Å²) in [5, 5.41) is 78.0. The third-order valence-corrected chi connectivity index (χ3v) is 34.3. The van der Waals surface area contributed by atoms with Crippen molar-refractivity contribution in [1.82, 2.24) is 0 Å². The Kier molecular flexibility index (Phi) is 38.9. The Bertz CT molecular complexity index is 5110. The van der Waals surface area contributed by atoms with Crippen LogP contribution in [-0.2, 0) is 124 Å². The van der Waals surface area contributed by atoms with E-state index in [1.165, 1.54) is 0 Å². The van der Waals surface area contributed by atoms with Crippen LogP contribution in [0, 0.1) is 47.3 Å². The van der Waals surface area contributed by atoms with E-state index in [4.69, 9.17) is 146 Å². The van der Waals surface area contributed by atoms with Crippen LogP contribution in [-0.4, -0.2) is 295 Å². The molecule has 806 valence electrons. The lowest BCUT2D eigenvalue weighted by Gasteiger charge is -2.51. The third-order valence-electron chi connectivity index (χ3n) is 31.4. The smallest absolute Gasteiger partial charge is 0.316 e. The van der Waals surface area contributed by atoms with Crippen molar-refractivity contribution in [2.24, 2.45) is 57.6 Å². The van der Waals surface area contributed by atoms with Gasteiger partial charge in [-0.1, -0.05) is 157 Å². The number of sulfonamides is 2. The van der Waals surface area contributed by atoms with Gasteiger partial charge >= 0.3 is 11.9 Å². The van der Waals surface area contributed by atoms with Gasteiger partial charge in [0.15, 0.2) is 36.7 Å². The van der Waals surface area contributed by atoms with Crippen molar-refractivity contribution < 1.29 is 152 Å². The first-order valence-corrected chi connectivity index (χ1v) is 54.6. The highest BCUT2D eigenvalue weighted by atomic mass is 35.5. The Hall–Kier alpha value is -4.65. The highest BCUT2D eigenvalue weighted by molar-refractivity contribution is 7.90. The van der Waals surface area contributed by atoms with Crippen LogP contribution in [0.5, 0.6) is 0 Å². The number of hydrogen-bond donors (Lipinski definition) is 9. The van der Waals surface area contributed by atoms with Crippen LogP contribution in [0.1, 0.15) is 213 Å². The van der Waals surface area contributed by atoms with E-state index in [9.17, 15) is 57.1 Å². The quantitative estimate of drug-likeness (QED) is 0.0374.